The third kappa shape index (κ3) is 3.07. The molecule has 0 fully saturated rings. The molecule has 1 aliphatic carbocycles. The van der Waals surface area contributed by atoms with E-state index >= 15 is 0 Å². The first-order valence-corrected chi connectivity index (χ1v) is 9.99. The number of aromatic nitrogens is 3. The van der Waals surface area contributed by atoms with E-state index in [9.17, 15) is 4.79 Å². The molecule has 1 atom stereocenters. The third-order valence-electron chi connectivity index (χ3n) is 4.85. The molecule has 2 aromatic rings. The number of benzene rings is 1. The van der Waals surface area contributed by atoms with Gasteiger partial charge in [-0.05, 0) is 36.3 Å². The van der Waals surface area contributed by atoms with Gasteiger partial charge in [-0.25, -0.2) is 4.68 Å². The lowest BCUT2D eigenvalue weighted by Gasteiger charge is -2.32. The molecular weight excluding hydrogens is 364 g/mol. The second kappa shape index (κ2) is 7.26. The number of nitrogens with one attached hydrogen (secondary N) is 1. The molecule has 0 saturated carbocycles. The second-order valence-electron chi connectivity index (χ2n) is 6.41. The molecule has 1 aliphatic heterocycles. The Morgan fingerprint density at radius 2 is 2.07 bits per heavy atom. The molecule has 2 heterocycles. The number of carbonyl (C=O) groups is 1. The summed E-state index contributed by atoms with van der Waals surface area (Å²) in [4.78, 5) is 17.4. The van der Waals surface area contributed by atoms with E-state index in [4.69, 9.17) is 9.47 Å². The maximum atomic E-state index is 12.8. The molecule has 1 aromatic heterocycles. The van der Waals surface area contributed by atoms with Crippen molar-refractivity contribution in [3.63, 3.8) is 0 Å². The van der Waals surface area contributed by atoms with Crippen LogP contribution in [-0.2, 0) is 4.79 Å². The molecule has 142 valence electrons. The van der Waals surface area contributed by atoms with E-state index in [1.807, 2.05) is 22.9 Å². The molecule has 0 amide bonds. The Kier molecular flexibility index (Phi) is 4.82. The van der Waals surface area contributed by atoms with Crippen LogP contribution in [-0.4, -0.2) is 40.5 Å². The topological polar surface area (TPSA) is 78.3 Å². The Morgan fingerprint density at radius 3 is 2.81 bits per heavy atom. The Bertz CT molecular complexity index is 922. The lowest BCUT2D eigenvalue weighted by atomic mass is 9.85. The van der Waals surface area contributed by atoms with Crippen molar-refractivity contribution in [1.82, 2.24) is 14.8 Å². The Balaban J connectivity index is 1.87. The molecule has 27 heavy (non-hydrogen) atoms. The monoisotopic (exact) mass is 386 g/mol. The van der Waals surface area contributed by atoms with Crippen LogP contribution in [0.5, 0.6) is 11.5 Å². The number of ketones is 1. The summed E-state index contributed by atoms with van der Waals surface area (Å²) < 4.78 is 12.6. The zero-order chi connectivity index (χ0) is 19.0. The largest absolute Gasteiger partial charge is 0.493 e. The number of allylic oxidation sites excluding steroid dienone is 2. The normalized spacial score (nSPS) is 18.6. The molecule has 1 N–H and O–H groups in total. The summed E-state index contributed by atoms with van der Waals surface area (Å²) in [5.41, 5.74) is 2.66. The van der Waals surface area contributed by atoms with Crippen LogP contribution < -0.4 is 14.8 Å². The smallest absolute Gasteiger partial charge is 0.227 e. The lowest BCUT2D eigenvalue weighted by Crippen LogP contribution is -2.31. The fraction of sp³-hybridized carbons (Fsp3) is 0.421. The molecule has 0 radical (unpaired) electrons. The molecule has 4 rings (SSSR count). The van der Waals surface area contributed by atoms with Gasteiger partial charge in [0.25, 0.3) is 0 Å². The van der Waals surface area contributed by atoms with Crippen molar-refractivity contribution in [2.75, 3.05) is 25.3 Å². The minimum atomic E-state index is -0.317. The first-order chi connectivity index (χ1) is 13.2. The number of anilines is 1. The molecule has 8 heteroatoms. The highest BCUT2D eigenvalue weighted by molar-refractivity contribution is 7.99. The van der Waals surface area contributed by atoms with E-state index < -0.39 is 0 Å². The van der Waals surface area contributed by atoms with Gasteiger partial charge in [-0.1, -0.05) is 24.8 Å². The number of rotatable bonds is 5. The van der Waals surface area contributed by atoms with E-state index in [1.165, 1.54) is 0 Å². The zero-order valence-corrected chi connectivity index (χ0v) is 16.4. The van der Waals surface area contributed by atoms with Crippen molar-refractivity contribution in [1.29, 1.82) is 0 Å². The number of hydrogen-bond acceptors (Lipinski definition) is 7. The van der Waals surface area contributed by atoms with Crippen LogP contribution in [0, 0.1) is 0 Å². The predicted molar refractivity (Wildman–Crippen MR) is 104 cm³/mol. The van der Waals surface area contributed by atoms with Crippen molar-refractivity contribution >= 4 is 23.5 Å². The highest BCUT2D eigenvalue weighted by atomic mass is 32.2. The van der Waals surface area contributed by atoms with Crippen molar-refractivity contribution < 1.29 is 14.3 Å². The zero-order valence-electron chi connectivity index (χ0n) is 15.6. The van der Waals surface area contributed by atoms with Crippen molar-refractivity contribution in [3.8, 4) is 11.5 Å². The fourth-order valence-electron chi connectivity index (χ4n) is 3.66. The van der Waals surface area contributed by atoms with Gasteiger partial charge in [0, 0.05) is 17.7 Å². The third-order valence-corrected chi connectivity index (χ3v) is 5.57. The van der Waals surface area contributed by atoms with Crippen molar-refractivity contribution in [2.24, 2.45) is 0 Å². The Labute approximate surface area is 162 Å². The summed E-state index contributed by atoms with van der Waals surface area (Å²) in [7, 11) is 3.22. The number of ether oxygens (including phenoxy) is 2. The lowest BCUT2D eigenvalue weighted by molar-refractivity contribution is -0.116. The molecule has 1 unspecified atom stereocenters. The maximum absolute atomic E-state index is 12.8. The van der Waals surface area contributed by atoms with Gasteiger partial charge in [0.15, 0.2) is 17.3 Å². The van der Waals surface area contributed by atoms with Gasteiger partial charge >= 0.3 is 0 Å². The second-order valence-corrected chi connectivity index (χ2v) is 7.64. The number of nitrogens with zero attached hydrogens (tertiary/aromatic N) is 3. The number of methoxy groups -OCH3 is 2. The van der Waals surface area contributed by atoms with Gasteiger partial charge in [-0.15, -0.1) is 5.10 Å². The number of carbonyl (C=O) groups excluding carboxylic acids is 1. The van der Waals surface area contributed by atoms with Gasteiger partial charge in [-0.2, -0.15) is 4.98 Å². The molecule has 0 saturated heterocycles. The summed E-state index contributed by atoms with van der Waals surface area (Å²) in [6.07, 6.45) is 2.26. The van der Waals surface area contributed by atoms with Crippen LogP contribution >= 0.6 is 11.8 Å². The average molecular weight is 386 g/mol. The highest BCUT2D eigenvalue weighted by Crippen LogP contribution is 2.42. The van der Waals surface area contributed by atoms with E-state index in [-0.39, 0.29) is 11.8 Å². The summed E-state index contributed by atoms with van der Waals surface area (Å²) in [6, 6.07) is 5.42. The number of thioether (sulfide) groups is 1. The standard InChI is InChI=1S/C19H22N4O3S/c1-4-27-19-21-18-20-12-6-5-7-13(24)16(12)17(23(18)22-19)11-8-9-14(25-2)15(10-11)26-3/h8-10,17H,4-7H2,1-3H3,(H,20,21,22). The van der Waals surface area contributed by atoms with Gasteiger partial charge in [0.05, 0.1) is 14.2 Å². The van der Waals surface area contributed by atoms with Gasteiger partial charge < -0.3 is 14.8 Å². The summed E-state index contributed by atoms with van der Waals surface area (Å²) in [5.74, 6) is 3.01. The minimum absolute atomic E-state index is 0.161. The van der Waals surface area contributed by atoms with Crippen LogP contribution in [0.15, 0.2) is 34.6 Å². The van der Waals surface area contributed by atoms with Crippen LogP contribution in [0.25, 0.3) is 0 Å². The van der Waals surface area contributed by atoms with Crippen LogP contribution in [0.3, 0.4) is 0 Å². The number of fused-ring (bicyclic) bond motifs is 1. The molecule has 0 spiro atoms. The van der Waals surface area contributed by atoms with Crippen molar-refractivity contribution in [3.05, 3.63) is 35.0 Å². The number of Topliss-reactive ketones (excluding diaryl/α,β-unsaturated/α-hetero) is 1. The van der Waals surface area contributed by atoms with E-state index in [1.54, 1.807) is 26.0 Å². The van der Waals surface area contributed by atoms with Crippen LogP contribution in [0.2, 0.25) is 0 Å². The predicted octanol–water partition coefficient (Wildman–Crippen LogP) is 3.43. The highest BCUT2D eigenvalue weighted by Gasteiger charge is 2.37. The molecule has 1 aromatic carbocycles. The van der Waals surface area contributed by atoms with Crippen LogP contribution in [0.4, 0.5) is 5.95 Å². The Hall–Kier alpha value is -2.48. The Morgan fingerprint density at radius 1 is 1.26 bits per heavy atom. The average Bonchev–Trinajstić information content (AvgIpc) is 3.08. The SMILES string of the molecule is CCSc1nc2n(n1)C(c1ccc(OC)c(OC)c1)C1=C(CCCC1=O)N2. The maximum Gasteiger partial charge on any atom is 0.227 e. The van der Waals surface area contributed by atoms with Crippen molar-refractivity contribution in [2.45, 2.75) is 37.4 Å². The molecular formula is C19H22N4O3S. The van der Waals surface area contributed by atoms with Crippen LogP contribution in [0.1, 0.15) is 37.8 Å². The van der Waals surface area contributed by atoms with Gasteiger partial charge in [-0.3, -0.25) is 4.79 Å². The van der Waals surface area contributed by atoms with E-state index in [0.717, 1.165) is 35.4 Å². The minimum Gasteiger partial charge on any atom is -0.493 e. The summed E-state index contributed by atoms with van der Waals surface area (Å²) in [5, 5.41) is 8.71. The van der Waals surface area contributed by atoms with E-state index in [0.29, 0.717) is 29.0 Å². The summed E-state index contributed by atoms with van der Waals surface area (Å²) in [6.45, 7) is 2.07. The molecule has 2 aliphatic rings. The van der Waals surface area contributed by atoms with Gasteiger partial charge in [0.2, 0.25) is 11.1 Å². The molecule has 7 nitrogen and oxygen atoms in total. The first-order valence-electron chi connectivity index (χ1n) is 9.00. The quantitative estimate of drug-likeness (QED) is 0.789. The first kappa shape index (κ1) is 17.9. The molecule has 0 bridgehead atoms. The number of hydrogen-bond donors (Lipinski definition) is 1. The van der Waals surface area contributed by atoms with Gasteiger partial charge in [0.1, 0.15) is 6.04 Å². The summed E-state index contributed by atoms with van der Waals surface area (Å²) >= 11 is 1.58. The van der Waals surface area contributed by atoms with E-state index in [2.05, 4.69) is 22.3 Å². The fourth-order valence-corrected chi connectivity index (χ4v) is 4.21.